The van der Waals surface area contributed by atoms with Crippen molar-refractivity contribution in [1.29, 1.82) is 0 Å². The Morgan fingerprint density at radius 1 is 1.19 bits per heavy atom. The van der Waals surface area contributed by atoms with Crippen molar-refractivity contribution in [2.45, 2.75) is 13.3 Å². The second-order valence-electron chi connectivity index (χ2n) is 5.68. The molecule has 1 aromatic heterocycles. The minimum atomic E-state index is -0.640. The molecule has 0 unspecified atom stereocenters. The fourth-order valence-electron chi connectivity index (χ4n) is 2.46. The first-order valence-corrected chi connectivity index (χ1v) is 9.59. The summed E-state index contributed by atoms with van der Waals surface area (Å²) < 4.78 is 5.08. The van der Waals surface area contributed by atoms with Crippen LogP contribution < -0.4 is 5.32 Å². The van der Waals surface area contributed by atoms with Crippen LogP contribution in [0.1, 0.15) is 23.0 Å². The SMILES string of the molecule is CCc1ccccc1NC(=O)COC(=O)c1csc(-c2cccc(Cl)c2)n1. The summed E-state index contributed by atoms with van der Waals surface area (Å²) in [6, 6.07) is 14.7. The van der Waals surface area contributed by atoms with Crippen LogP contribution >= 0.6 is 22.9 Å². The number of nitrogens with one attached hydrogen (secondary N) is 1. The summed E-state index contributed by atoms with van der Waals surface area (Å²) in [7, 11) is 0. The van der Waals surface area contributed by atoms with Gasteiger partial charge in [-0.2, -0.15) is 0 Å². The highest BCUT2D eigenvalue weighted by atomic mass is 35.5. The molecule has 138 valence electrons. The molecule has 0 spiro atoms. The fourth-order valence-corrected chi connectivity index (χ4v) is 3.44. The van der Waals surface area contributed by atoms with Crippen LogP contribution in [-0.2, 0) is 16.0 Å². The first-order chi connectivity index (χ1) is 13.1. The van der Waals surface area contributed by atoms with Gasteiger partial charge in [-0.1, -0.05) is 48.9 Å². The predicted molar refractivity (Wildman–Crippen MR) is 107 cm³/mol. The molecule has 0 fully saturated rings. The molecule has 0 saturated carbocycles. The number of benzene rings is 2. The summed E-state index contributed by atoms with van der Waals surface area (Å²) in [5.74, 6) is -1.03. The van der Waals surface area contributed by atoms with E-state index in [1.54, 1.807) is 17.5 Å². The smallest absolute Gasteiger partial charge is 0.358 e. The van der Waals surface area contributed by atoms with Crippen LogP contribution in [0.5, 0.6) is 0 Å². The zero-order valence-corrected chi connectivity index (χ0v) is 16.1. The molecule has 1 heterocycles. The number of carbonyl (C=O) groups is 2. The Morgan fingerprint density at radius 3 is 2.78 bits per heavy atom. The minimum absolute atomic E-state index is 0.164. The van der Waals surface area contributed by atoms with E-state index in [2.05, 4.69) is 10.3 Å². The Labute approximate surface area is 166 Å². The van der Waals surface area contributed by atoms with Crippen molar-refractivity contribution in [3.8, 4) is 10.6 Å². The molecule has 0 saturated heterocycles. The highest BCUT2D eigenvalue weighted by Crippen LogP contribution is 2.26. The van der Waals surface area contributed by atoms with E-state index in [1.807, 2.05) is 43.3 Å². The van der Waals surface area contributed by atoms with E-state index in [1.165, 1.54) is 11.3 Å². The van der Waals surface area contributed by atoms with Crippen molar-refractivity contribution in [1.82, 2.24) is 4.98 Å². The standard InChI is InChI=1S/C20H17ClN2O3S/c1-2-13-6-3-4-9-16(13)22-18(24)11-26-20(25)17-12-27-19(23-17)14-7-5-8-15(21)10-14/h3-10,12H,2,11H2,1H3,(H,22,24). The van der Waals surface area contributed by atoms with Crippen LogP contribution in [0.15, 0.2) is 53.9 Å². The molecule has 27 heavy (non-hydrogen) atoms. The average molecular weight is 401 g/mol. The number of carbonyl (C=O) groups excluding carboxylic acids is 2. The number of amides is 1. The molecule has 0 aliphatic rings. The number of esters is 1. The van der Waals surface area contributed by atoms with Gasteiger partial charge in [0.15, 0.2) is 12.3 Å². The molecule has 0 aliphatic carbocycles. The molecule has 0 atom stereocenters. The summed E-state index contributed by atoms with van der Waals surface area (Å²) in [4.78, 5) is 28.5. The fraction of sp³-hybridized carbons (Fsp3) is 0.150. The lowest BCUT2D eigenvalue weighted by atomic mass is 10.1. The Hall–Kier alpha value is -2.70. The monoisotopic (exact) mass is 400 g/mol. The summed E-state index contributed by atoms with van der Waals surface area (Å²) in [5, 5.41) is 5.61. The molecular weight excluding hydrogens is 384 g/mol. The lowest BCUT2D eigenvalue weighted by molar-refractivity contribution is -0.119. The van der Waals surface area contributed by atoms with Crippen LogP contribution in [0, 0.1) is 0 Å². The molecule has 7 heteroatoms. The number of nitrogens with zero attached hydrogens (tertiary/aromatic N) is 1. The van der Waals surface area contributed by atoms with Gasteiger partial charge in [-0.25, -0.2) is 9.78 Å². The van der Waals surface area contributed by atoms with E-state index in [-0.39, 0.29) is 12.3 Å². The molecule has 5 nitrogen and oxygen atoms in total. The molecule has 1 amide bonds. The molecule has 0 bridgehead atoms. The molecule has 0 radical (unpaired) electrons. The van der Waals surface area contributed by atoms with E-state index in [0.29, 0.717) is 10.0 Å². The molecule has 2 aromatic carbocycles. The molecule has 3 rings (SSSR count). The number of halogens is 1. The topological polar surface area (TPSA) is 68.3 Å². The van der Waals surface area contributed by atoms with Crippen LogP contribution in [0.2, 0.25) is 5.02 Å². The van der Waals surface area contributed by atoms with Crippen molar-refractivity contribution in [3.63, 3.8) is 0 Å². The van der Waals surface area contributed by atoms with Gasteiger partial charge < -0.3 is 10.1 Å². The molecular formula is C20H17ClN2O3S. The number of ether oxygens (including phenoxy) is 1. The second-order valence-corrected chi connectivity index (χ2v) is 6.98. The maximum Gasteiger partial charge on any atom is 0.358 e. The van der Waals surface area contributed by atoms with E-state index < -0.39 is 11.9 Å². The number of aryl methyl sites for hydroxylation is 1. The zero-order valence-electron chi connectivity index (χ0n) is 14.6. The van der Waals surface area contributed by atoms with Gasteiger partial charge in [-0.15, -0.1) is 11.3 Å². The van der Waals surface area contributed by atoms with E-state index >= 15 is 0 Å². The number of anilines is 1. The number of thiazole rings is 1. The third-order valence-corrected chi connectivity index (χ3v) is 4.92. The van der Waals surface area contributed by atoms with Gasteiger partial charge in [0.2, 0.25) is 0 Å². The summed E-state index contributed by atoms with van der Waals surface area (Å²) in [5.41, 5.74) is 2.72. The molecule has 1 N–H and O–H groups in total. The predicted octanol–water partition coefficient (Wildman–Crippen LogP) is 4.82. The summed E-state index contributed by atoms with van der Waals surface area (Å²) >= 11 is 7.29. The van der Waals surface area contributed by atoms with Crippen molar-refractivity contribution in [3.05, 3.63) is 70.2 Å². The van der Waals surface area contributed by atoms with E-state index in [0.717, 1.165) is 23.2 Å². The van der Waals surface area contributed by atoms with Crippen LogP contribution in [0.4, 0.5) is 5.69 Å². The van der Waals surface area contributed by atoms with Gasteiger partial charge in [0, 0.05) is 21.7 Å². The average Bonchev–Trinajstić information content (AvgIpc) is 3.17. The van der Waals surface area contributed by atoms with Crippen LogP contribution in [0.25, 0.3) is 10.6 Å². The quantitative estimate of drug-likeness (QED) is 0.602. The van der Waals surface area contributed by atoms with E-state index in [4.69, 9.17) is 16.3 Å². The zero-order chi connectivity index (χ0) is 19.2. The molecule has 0 aliphatic heterocycles. The van der Waals surface area contributed by atoms with Crippen LogP contribution in [0.3, 0.4) is 0 Å². The highest BCUT2D eigenvalue weighted by molar-refractivity contribution is 7.13. The Bertz CT molecular complexity index is 971. The Balaban J connectivity index is 1.59. The number of rotatable bonds is 6. The largest absolute Gasteiger partial charge is 0.451 e. The lowest BCUT2D eigenvalue weighted by Gasteiger charge is -2.09. The summed E-state index contributed by atoms with van der Waals surface area (Å²) in [6.07, 6.45) is 0.793. The second kappa shape index (κ2) is 8.79. The number of aromatic nitrogens is 1. The van der Waals surface area contributed by atoms with Crippen molar-refractivity contribution < 1.29 is 14.3 Å². The van der Waals surface area contributed by atoms with Gasteiger partial charge in [0.25, 0.3) is 5.91 Å². The van der Waals surface area contributed by atoms with Crippen molar-refractivity contribution in [2.24, 2.45) is 0 Å². The van der Waals surface area contributed by atoms with Gasteiger partial charge in [-0.3, -0.25) is 4.79 Å². The number of hydrogen-bond acceptors (Lipinski definition) is 5. The number of para-hydroxylation sites is 1. The normalized spacial score (nSPS) is 10.4. The first kappa shape index (κ1) is 19.1. The third kappa shape index (κ3) is 4.93. The highest BCUT2D eigenvalue weighted by Gasteiger charge is 2.15. The minimum Gasteiger partial charge on any atom is -0.451 e. The lowest BCUT2D eigenvalue weighted by Crippen LogP contribution is -2.21. The van der Waals surface area contributed by atoms with Gasteiger partial charge >= 0.3 is 5.97 Å². The van der Waals surface area contributed by atoms with Crippen molar-refractivity contribution in [2.75, 3.05) is 11.9 Å². The molecule has 3 aromatic rings. The van der Waals surface area contributed by atoms with Crippen LogP contribution in [-0.4, -0.2) is 23.5 Å². The Kier molecular flexibility index (Phi) is 6.21. The number of hydrogen-bond donors (Lipinski definition) is 1. The maximum atomic E-state index is 12.2. The summed E-state index contributed by atoms with van der Waals surface area (Å²) in [6.45, 7) is 1.63. The van der Waals surface area contributed by atoms with Crippen molar-refractivity contribution >= 4 is 40.5 Å². The van der Waals surface area contributed by atoms with Gasteiger partial charge in [0.05, 0.1) is 0 Å². The maximum absolute atomic E-state index is 12.2. The third-order valence-electron chi connectivity index (χ3n) is 3.79. The first-order valence-electron chi connectivity index (χ1n) is 8.33. The Morgan fingerprint density at radius 2 is 2.00 bits per heavy atom. The van der Waals surface area contributed by atoms with Gasteiger partial charge in [0.1, 0.15) is 5.01 Å². The van der Waals surface area contributed by atoms with Gasteiger partial charge in [-0.05, 0) is 30.2 Å². The van der Waals surface area contributed by atoms with E-state index in [9.17, 15) is 9.59 Å².